The van der Waals surface area contributed by atoms with Crippen LogP contribution in [0.1, 0.15) is 25.3 Å². The smallest absolute Gasteiger partial charge is 0.215 e. The van der Waals surface area contributed by atoms with Crippen LogP contribution in [0, 0.1) is 6.92 Å². The molecule has 0 aliphatic carbocycles. The summed E-state index contributed by atoms with van der Waals surface area (Å²) in [7, 11) is 1.64. The minimum Gasteiger partial charge on any atom is -0.481 e. The van der Waals surface area contributed by atoms with Gasteiger partial charge in [-0.1, -0.05) is 0 Å². The molecule has 0 unspecified atom stereocenters. The van der Waals surface area contributed by atoms with Gasteiger partial charge in [-0.15, -0.1) is 0 Å². The van der Waals surface area contributed by atoms with Gasteiger partial charge in [-0.05, 0) is 32.3 Å². The van der Waals surface area contributed by atoms with Gasteiger partial charge in [-0.2, -0.15) is 0 Å². The van der Waals surface area contributed by atoms with Crippen LogP contribution in [0.3, 0.4) is 0 Å². The summed E-state index contributed by atoms with van der Waals surface area (Å²) >= 11 is 0. The highest BCUT2D eigenvalue weighted by Gasteiger charge is 2.31. The van der Waals surface area contributed by atoms with E-state index in [2.05, 4.69) is 23.7 Å². The number of anilines is 1. The summed E-state index contributed by atoms with van der Waals surface area (Å²) in [6.07, 6.45) is 3.82. The lowest BCUT2D eigenvalue weighted by atomic mass is 9.93. The number of rotatable bonds is 4. The van der Waals surface area contributed by atoms with Gasteiger partial charge in [0.15, 0.2) is 0 Å². The number of nitrogens with two attached hydrogens (primary N) is 1. The summed E-state index contributed by atoms with van der Waals surface area (Å²) in [5, 5.41) is 0. The fraction of sp³-hybridized carbons (Fsp3) is 0.643. The van der Waals surface area contributed by atoms with Crippen LogP contribution in [0.5, 0.6) is 5.88 Å². The summed E-state index contributed by atoms with van der Waals surface area (Å²) in [6, 6.07) is 2.00. The Kier molecular flexibility index (Phi) is 4.27. The Bertz CT molecular complexity index is 429. The fourth-order valence-electron chi connectivity index (χ4n) is 2.51. The van der Waals surface area contributed by atoms with Crippen LogP contribution in [0.2, 0.25) is 0 Å². The van der Waals surface area contributed by atoms with Crippen LogP contribution in [0.4, 0.5) is 5.69 Å². The van der Waals surface area contributed by atoms with Gasteiger partial charge < -0.3 is 20.1 Å². The second kappa shape index (κ2) is 5.75. The molecule has 1 fully saturated rings. The number of aryl methyl sites for hydroxylation is 1. The van der Waals surface area contributed by atoms with E-state index in [1.165, 1.54) is 11.3 Å². The number of piperidine rings is 1. The van der Waals surface area contributed by atoms with E-state index in [0.29, 0.717) is 12.6 Å². The lowest BCUT2D eigenvalue weighted by Crippen LogP contribution is -2.45. The summed E-state index contributed by atoms with van der Waals surface area (Å²) in [6.45, 7) is 6.43. The molecule has 0 saturated carbocycles. The molecular formula is C14H23N3O2. The number of nitrogens with zero attached hydrogens (tertiary/aromatic N) is 2. The Labute approximate surface area is 114 Å². The predicted molar refractivity (Wildman–Crippen MR) is 75.5 cm³/mol. The molecule has 19 heavy (non-hydrogen) atoms. The first-order valence-electron chi connectivity index (χ1n) is 6.67. The topological polar surface area (TPSA) is 60.6 Å². The van der Waals surface area contributed by atoms with Crippen molar-refractivity contribution in [1.82, 2.24) is 4.98 Å². The van der Waals surface area contributed by atoms with Gasteiger partial charge in [-0.3, -0.25) is 0 Å². The lowest BCUT2D eigenvalue weighted by molar-refractivity contribution is -0.0448. The zero-order valence-corrected chi connectivity index (χ0v) is 12.0. The first-order valence-corrected chi connectivity index (χ1v) is 6.67. The molecule has 106 valence electrons. The molecule has 2 rings (SSSR count). The summed E-state index contributed by atoms with van der Waals surface area (Å²) in [5.41, 5.74) is 7.77. The van der Waals surface area contributed by atoms with Gasteiger partial charge in [0.25, 0.3) is 0 Å². The zero-order valence-electron chi connectivity index (χ0n) is 12.0. The Morgan fingerprint density at radius 3 is 2.68 bits per heavy atom. The number of aromatic nitrogens is 1. The van der Waals surface area contributed by atoms with E-state index in [0.717, 1.165) is 25.9 Å². The molecule has 0 spiro atoms. The molecule has 2 heterocycles. The molecule has 0 bridgehead atoms. The van der Waals surface area contributed by atoms with E-state index in [-0.39, 0.29) is 5.60 Å². The first kappa shape index (κ1) is 14.1. The molecule has 5 heteroatoms. The third kappa shape index (κ3) is 3.16. The normalized spacial score (nSPS) is 18.4. The van der Waals surface area contributed by atoms with E-state index in [4.69, 9.17) is 15.2 Å². The quantitative estimate of drug-likeness (QED) is 0.839. The number of pyridine rings is 1. The highest BCUT2D eigenvalue weighted by Crippen LogP contribution is 2.31. The highest BCUT2D eigenvalue weighted by atomic mass is 16.5. The number of ether oxygens (including phenoxy) is 2. The Balaban J connectivity index is 2.09. The third-order valence-corrected chi connectivity index (χ3v) is 3.85. The van der Waals surface area contributed by atoms with Crippen molar-refractivity contribution >= 4 is 5.69 Å². The minimum atomic E-state index is -0.0870. The van der Waals surface area contributed by atoms with Crippen molar-refractivity contribution < 1.29 is 9.47 Å². The van der Waals surface area contributed by atoms with Crippen molar-refractivity contribution in [3.05, 3.63) is 17.8 Å². The number of methoxy groups -OCH3 is 1. The van der Waals surface area contributed by atoms with Gasteiger partial charge in [0.1, 0.15) is 0 Å². The lowest BCUT2D eigenvalue weighted by Gasteiger charge is -2.40. The molecule has 1 aromatic heterocycles. The maximum Gasteiger partial charge on any atom is 0.215 e. The van der Waals surface area contributed by atoms with E-state index in [9.17, 15) is 0 Å². The van der Waals surface area contributed by atoms with Crippen molar-refractivity contribution in [3.63, 3.8) is 0 Å². The predicted octanol–water partition coefficient (Wildman–Crippen LogP) is 1.69. The van der Waals surface area contributed by atoms with Crippen LogP contribution in [-0.4, -0.2) is 37.5 Å². The first-order chi connectivity index (χ1) is 9.08. The number of hydrogen-bond acceptors (Lipinski definition) is 5. The third-order valence-electron chi connectivity index (χ3n) is 3.85. The molecule has 2 N–H and O–H groups in total. The van der Waals surface area contributed by atoms with E-state index < -0.39 is 0 Å². The molecule has 1 saturated heterocycles. The molecule has 1 aromatic rings. The fourth-order valence-corrected chi connectivity index (χ4v) is 2.51. The van der Waals surface area contributed by atoms with E-state index in [1.807, 2.05) is 12.3 Å². The van der Waals surface area contributed by atoms with Crippen molar-refractivity contribution in [1.29, 1.82) is 0 Å². The maximum atomic E-state index is 5.64. The summed E-state index contributed by atoms with van der Waals surface area (Å²) in [4.78, 5) is 6.58. The van der Waals surface area contributed by atoms with Crippen LogP contribution >= 0.6 is 0 Å². The van der Waals surface area contributed by atoms with Crippen molar-refractivity contribution in [2.45, 2.75) is 32.3 Å². The second-order valence-electron chi connectivity index (χ2n) is 5.26. The molecule has 1 aliphatic rings. The molecule has 0 aromatic carbocycles. The maximum absolute atomic E-state index is 5.64. The second-order valence-corrected chi connectivity index (χ2v) is 5.26. The van der Waals surface area contributed by atoms with Gasteiger partial charge in [0.2, 0.25) is 5.88 Å². The monoisotopic (exact) mass is 265 g/mol. The van der Waals surface area contributed by atoms with Gasteiger partial charge in [-0.25, -0.2) is 4.98 Å². The zero-order chi connectivity index (χ0) is 13.9. The Morgan fingerprint density at radius 1 is 1.42 bits per heavy atom. The molecular weight excluding hydrogens is 242 g/mol. The molecule has 5 nitrogen and oxygen atoms in total. The van der Waals surface area contributed by atoms with Gasteiger partial charge in [0.05, 0.1) is 19.4 Å². The molecule has 0 atom stereocenters. The summed E-state index contributed by atoms with van der Waals surface area (Å²) in [5.74, 6) is 0.659. The summed E-state index contributed by atoms with van der Waals surface area (Å²) < 4.78 is 10.8. The Hall–Kier alpha value is -1.33. The van der Waals surface area contributed by atoms with Gasteiger partial charge in [0, 0.05) is 31.0 Å². The molecule has 1 aliphatic heterocycles. The average molecular weight is 265 g/mol. The largest absolute Gasteiger partial charge is 0.481 e. The molecule has 0 radical (unpaired) electrons. The Morgan fingerprint density at radius 2 is 2.11 bits per heavy atom. The number of hydrogen-bond donors (Lipinski definition) is 1. The van der Waals surface area contributed by atoms with Crippen molar-refractivity contribution in [2.75, 3.05) is 31.8 Å². The molecule has 0 amide bonds. The standard InChI is InChI=1S/C14H23N3O2/c1-11-9-16-13(18-3)8-12(11)17-6-4-14(2,5-7-17)19-10-15/h8-9H,4-7,10,15H2,1-3H3. The van der Waals surface area contributed by atoms with Crippen LogP contribution in [0.25, 0.3) is 0 Å². The van der Waals surface area contributed by atoms with Crippen LogP contribution in [0.15, 0.2) is 12.3 Å². The highest BCUT2D eigenvalue weighted by molar-refractivity contribution is 5.54. The van der Waals surface area contributed by atoms with Crippen molar-refractivity contribution in [3.8, 4) is 5.88 Å². The van der Waals surface area contributed by atoms with Crippen molar-refractivity contribution in [2.24, 2.45) is 5.73 Å². The minimum absolute atomic E-state index is 0.0870. The SMILES string of the molecule is COc1cc(N2CCC(C)(OCN)CC2)c(C)cn1. The van der Waals surface area contributed by atoms with Crippen LogP contribution in [-0.2, 0) is 4.74 Å². The van der Waals surface area contributed by atoms with Gasteiger partial charge >= 0.3 is 0 Å². The van der Waals surface area contributed by atoms with E-state index in [1.54, 1.807) is 7.11 Å². The van der Waals surface area contributed by atoms with E-state index >= 15 is 0 Å². The average Bonchev–Trinajstić information content (AvgIpc) is 2.41. The van der Waals surface area contributed by atoms with Crippen LogP contribution < -0.4 is 15.4 Å².